The maximum absolute atomic E-state index is 9.13. The molecule has 2 aliphatic rings. The molecular weight excluding hydrogens is 150 g/mol. The van der Waals surface area contributed by atoms with Gasteiger partial charge < -0.3 is 10.4 Å². The zero-order valence-corrected chi connectivity index (χ0v) is 8.06. The summed E-state index contributed by atoms with van der Waals surface area (Å²) < 4.78 is 0. The van der Waals surface area contributed by atoms with Gasteiger partial charge >= 0.3 is 0 Å². The van der Waals surface area contributed by atoms with E-state index in [1.807, 2.05) is 0 Å². The minimum Gasteiger partial charge on any atom is -0.394 e. The lowest BCUT2D eigenvalue weighted by molar-refractivity contribution is 0.204. The van der Waals surface area contributed by atoms with Crippen LogP contribution < -0.4 is 5.32 Å². The van der Waals surface area contributed by atoms with Crippen molar-refractivity contribution in [3.8, 4) is 0 Å². The van der Waals surface area contributed by atoms with Gasteiger partial charge in [-0.05, 0) is 38.0 Å². The first-order valence-electron chi connectivity index (χ1n) is 4.99. The van der Waals surface area contributed by atoms with Crippen molar-refractivity contribution in [2.75, 3.05) is 6.61 Å². The standard InChI is InChI=1S/C10H19NO/c1-8(9(2)3-4-9)11-10(7-12)5-6-10/h8,11-12H,3-7H2,1-2H3. The Morgan fingerprint density at radius 1 is 1.33 bits per heavy atom. The van der Waals surface area contributed by atoms with Crippen LogP contribution in [0.5, 0.6) is 0 Å². The summed E-state index contributed by atoms with van der Waals surface area (Å²) in [4.78, 5) is 0. The predicted octanol–water partition coefficient (Wildman–Crippen LogP) is 1.29. The highest BCUT2D eigenvalue weighted by Gasteiger charge is 2.49. The van der Waals surface area contributed by atoms with Crippen LogP contribution in [0.25, 0.3) is 0 Å². The van der Waals surface area contributed by atoms with Gasteiger partial charge in [0.2, 0.25) is 0 Å². The number of hydrogen-bond acceptors (Lipinski definition) is 2. The molecule has 0 amide bonds. The Hall–Kier alpha value is -0.0800. The lowest BCUT2D eigenvalue weighted by atomic mass is 9.99. The number of hydrogen-bond donors (Lipinski definition) is 2. The molecule has 70 valence electrons. The first kappa shape index (κ1) is 8.52. The van der Waals surface area contributed by atoms with Gasteiger partial charge in [-0.3, -0.25) is 0 Å². The molecule has 1 unspecified atom stereocenters. The molecular formula is C10H19NO. The fourth-order valence-electron chi connectivity index (χ4n) is 1.76. The van der Waals surface area contributed by atoms with Gasteiger partial charge in [-0.15, -0.1) is 0 Å². The van der Waals surface area contributed by atoms with Crippen LogP contribution in [0.3, 0.4) is 0 Å². The third kappa shape index (κ3) is 1.38. The van der Waals surface area contributed by atoms with Gasteiger partial charge in [-0.2, -0.15) is 0 Å². The van der Waals surface area contributed by atoms with E-state index in [0.717, 1.165) is 12.8 Å². The van der Waals surface area contributed by atoms with Crippen LogP contribution in [0.4, 0.5) is 0 Å². The summed E-state index contributed by atoms with van der Waals surface area (Å²) >= 11 is 0. The topological polar surface area (TPSA) is 32.3 Å². The highest BCUT2D eigenvalue weighted by atomic mass is 16.3. The summed E-state index contributed by atoms with van der Waals surface area (Å²) in [5.41, 5.74) is 0.649. The summed E-state index contributed by atoms with van der Waals surface area (Å²) in [6, 6.07) is 0.576. The van der Waals surface area contributed by atoms with Gasteiger partial charge in [0.15, 0.2) is 0 Å². The van der Waals surface area contributed by atoms with Gasteiger partial charge in [0, 0.05) is 11.6 Å². The highest BCUT2D eigenvalue weighted by molar-refractivity contribution is 5.07. The molecule has 0 aliphatic heterocycles. The van der Waals surface area contributed by atoms with Crippen molar-refractivity contribution in [2.24, 2.45) is 5.41 Å². The summed E-state index contributed by atoms with van der Waals surface area (Å²) in [7, 11) is 0. The van der Waals surface area contributed by atoms with Crippen LogP contribution in [0.15, 0.2) is 0 Å². The molecule has 12 heavy (non-hydrogen) atoms. The van der Waals surface area contributed by atoms with Crippen LogP contribution in [0.1, 0.15) is 39.5 Å². The minimum atomic E-state index is 0.116. The third-order valence-electron chi connectivity index (χ3n) is 3.76. The first-order valence-corrected chi connectivity index (χ1v) is 4.99. The van der Waals surface area contributed by atoms with Crippen LogP contribution >= 0.6 is 0 Å². The zero-order chi connectivity index (χ0) is 8.82. The lowest BCUT2D eigenvalue weighted by Gasteiger charge is -2.25. The highest BCUT2D eigenvalue weighted by Crippen LogP contribution is 2.49. The monoisotopic (exact) mass is 169 g/mol. The summed E-state index contributed by atoms with van der Waals surface area (Å²) in [6.45, 7) is 4.90. The maximum atomic E-state index is 9.13. The molecule has 2 fully saturated rings. The van der Waals surface area contributed by atoms with E-state index in [4.69, 9.17) is 5.11 Å². The van der Waals surface area contributed by atoms with E-state index in [0.29, 0.717) is 18.1 Å². The molecule has 2 rings (SSSR count). The average molecular weight is 169 g/mol. The lowest BCUT2D eigenvalue weighted by Crippen LogP contribution is -2.44. The molecule has 0 radical (unpaired) electrons. The van der Waals surface area contributed by atoms with E-state index in [-0.39, 0.29) is 5.54 Å². The fourth-order valence-corrected chi connectivity index (χ4v) is 1.76. The Labute approximate surface area is 74.4 Å². The smallest absolute Gasteiger partial charge is 0.0613 e. The molecule has 1 atom stereocenters. The van der Waals surface area contributed by atoms with Crippen LogP contribution in [-0.2, 0) is 0 Å². The van der Waals surface area contributed by atoms with Crippen molar-refractivity contribution in [3.63, 3.8) is 0 Å². The van der Waals surface area contributed by atoms with Crippen molar-refractivity contribution in [2.45, 2.75) is 51.1 Å². The van der Waals surface area contributed by atoms with Crippen molar-refractivity contribution in [1.29, 1.82) is 0 Å². The molecule has 0 aromatic heterocycles. The van der Waals surface area contributed by atoms with E-state index in [9.17, 15) is 0 Å². The van der Waals surface area contributed by atoms with E-state index in [1.165, 1.54) is 12.8 Å². The van der Waals surface area contributed by atoms with Gasteiger partial charge in [0.1, 0.15) is 0 Å². The first-order chi connectivity index (χ1) is 5.60. The summed E-state index contributed by atoms with van der Waals surface area (Å²) in [6.07, 6.45) is 5.01. The van der Waals surface area contributed by atoms with Gasteiger partial charge in [-0.1, -0.05) is 6.92 Å². The van der Waals surface area contributed by atoms with E-state index < -0.39 is 0 Å². The largest absolute Gasteiger partial charge is 0.394 e. The Kier molecular flexibility index (Phi) is 1.74. The molecule has 2 nitrogen and oxygen atoms in total. The molecule has 0 bridgehead atoms. The Balaban J connectivity index is 1.86. The van der Waals surface area contributed by atoms with Crippen LogP contribution in [-0.4, -0.2) is 23.3 Å². The van der Waals surface area contributed by atoms with Crippen molar-refractivity contribution < 1.29 is 5.11 Å². The van der Waals surface area contributed by atoms with Gasteiger partial charge in [0.05, 0.1) is 6.61 Å². The molecule has 2 N–H and O–H groups in total. The van der Waals surface area contributed by atoms with Crippen molar-refractivity contribution in [1.82, 2.24) is 5.32 Å². The molecule has 0 aromatic rings. The van der Waals surface area contributed by atoms with Crippen LogP contribution in [0.2, 0.25) is 0 Å². The predicted molar refractivity (Wildman–Crippen MR) is 49.0 cm³/mol. The second-order valence-corrected chi connectivity index (χ2v) is 4.96. The number of aliphatic hydroxyl groups is 1. The van der Waals surface area contributed by atoms with Gasteiger partial charge in [-0.25, -0.2) is 0 Å². The molecule has 0 aromatic carbocycles. The average Bonchev–Trinajstić information content (AvgIpc) is 2.90. The maximum Gasteiger partial charge on any atom is 0.0613 e. The van der Waals surface area contributed by atoms with Crippen molar-refractivity contribution in [3.05, 3.63) is 0 Å². The second-order valence-electron chi connectivity index (χ2n) is 4.96. The number of aliphatic hydroxyl groups excluding tert-OH is 1. The van der Waals surface area contributed by atoms with Crippen molar-refractivity contribution >= 4 is 0 Å². The number of rotatable bonds is 4. The van der Waals surface area contributed by atoms with E-state index >= 15 is 0 Å². The zero-order valence-electron chi connectivity index (χ0n) is 8.06. The quantitative estimate of drug-likeness (QED) is 0.664. The molecule has 2 heteroatoms. The minimum absolute atomic E-state index is 0.116. The summed E-state index contributed by atoms with van der Waals surface area (Å²) in [5.74, 6) is 0. The Morgan fingerprint density at radius 3 is 2.25 bits per heavy atom. The number of nitrogens with one attached hydrogen (secondary N) is 1. The Bertz CT molecular complexity index is 182. The Morgan fingerprint density at radius 2 is 1.92 bits per heavy atom. The second kappa shape index (κ2) is 2.46. The third-order valence-corrected chi connectivity index (χ3v) is 3.76. The van der Waals surface area contributed by atoms with E-state index in [2.05, 4.69) is 19.2 Å². The van der Waals surface area contributed by atoms with Crippen LogP contribution in [0, 0.1) is 5.41 Å². The molecule has 2 saturated carbocycles. The molecule has 0 spiro atoms. The molecule has 0 heterocycles. The van der Waals surface area contributed by atoms with E-state index in [1.54, 1.807) is 0 Å². The fraction of sp³-hybridized carbons (Fsp3) is 1.00. The van der Waals surface area contributed by atoms with Gasteiger partial charge in [0.25, 0.3) is 0 Å². The molecule has 2 aliphatic carbocycles. The molecule has 0 saturated heterocycles. The normalized spacial score (nSPS) is 31.2. The summed E-state index contributed by atoms with van der Waals surface area (Å²) in [5, 5.41) is 12.7. The SMILES string of the molecule is CC(NC1(CO)CC1)C1(C)CC1.